The molecule has 1 N–H and O–H groups in total. The predicted molar refractivity (Wildman–Crippen MR) is 119 cm³/mol. The molecule has 28 heavy (non-hydrogen) atoms. The Morgan fingerprint density at radius 3 is 1.93 bits per heavy atom. The molecule has 0 saturated heterocycles. The molecule has 0 radical (unpaired) electrons. The van der Waals surface area contributed by atoms with Gasteiger partial charge in [0.1, 0.15) is 0 Å². The summed E-state index contributed by atoms with van der Waals surface area (Å²) in [4.78, 5) is 3.35. The second-order valence-corrected chi connectivity index (χ2v) is 8.92. The number of rotatable bonds is 3. The van der Waals surface area contributed by atoms with Crippen LogP contribution in [0.5, 0.6) is 0 Å². The third-order valence-electron chi connectivity index (χ3n) is 3.89. The van der Waals surface area contributed by atoms with Gasteiger partial charge in [0, 0.05) is 38.4 Å². The Morgan fingerprint density at radius 1 is 0.964 bits per heavy atom. The number of benzene rings is 2. The minimum atomic E-state index is -0.370. The highest BCUT2D eigenvalue weighted by atomic mass is 16.5. The Kier molecular flexibility index (Phi) is 8.40. The maximum Gasteiger partial charge on any atom is 0.187 e. The highest BCUT2D eigenvalue weighted by molar-refractivity contribution is 5.75. The Bertz CT molecular complexity index is 799. The molecule has 2 aromatic rings. The lowest BCUT2D eigenvalue weighted by molar-refractivity contribution is -0.530. The summed E-state index contributed by atoms with van der Waals surface area (Å²) in [5, 5.41) is 15.0. The Hall–Kier alpha value is -2.64. The monoisotopic (exact) mass is 379 g/mol. The van der Waals surface area contributed by atoms with Gasteiger partial charge in [0.25, 0.3) is 0 Å². The van der Waals surface area contributed by atoms with E-state index in [9.17, 15) is 5.21 Å². The van der Waals surface area contributed by atoms with Crippen molar-refractivity contribution in [2.24, 2.45) is 0 Å². The molecular formula is C24H33N3O. The normalized spacial score (nSPS) is 12.0. The average molecular weight is 380 g/mol. The second-order valence-electron chi connectivity index (χ2n) is 8.92. The second kappa shape index (κ2) is 10.1. The van der Waals surface area contributed by atoms with E-state index in [4.69, 9.17) is 6.57 Å². The van der Waals surface area contributed by atoms with E-state index in [1.54, 1.807) is 6.21 Å². The first-order valence-electron chi connectivity index (χ1n) is 9.50. The molecule has 0 amide bonds. The fourth-order valence-corrected chi connectivity index (χ4v) is 2.04. The molecule has 150 valence electrons. The zero-order valence-electron chi connectivity index (χ0n) is 18.2. The van der Waals surface area contributed by atoms with Crippen LogP contribution in [0.2, 0.25) is 0 Å². The van der Waals surface area contributed by atoms with E-state index in [1.807, 2.05) is 76.2 Å². The van der Waals surface area contributed by atoms with E-state index in [2.05, 4.69) is 30.9 Å². The molecule has 4 heteroatoms. The molecule has 0 bridgehead atoms. The van der Waals surface area contributed by atoms with Gasteiger partial charge in [0.05, 0.1) is 6.57 Å². The first-order valence-corrected chi connectivity index (χ1v) is 9.50. The first kappa shape index (κ1) is 23.4. The molecule has 4 nitrogen and oxygen atoms in total. The molecule has 0 fully saturated rings. The average Bonchev–Trinajstić information content (AvgIpc) is 2.61. The summed E-state index contributed by atoms with van der Waals surface area (Å²) >= 11 is 0. The molecule has 2 aromatic carbocycles. The Balaban J connectivity index is 0.000000280. The van der Waals surface area contributed by atoms with Crippen molar-refractivity contribution >= 4 is 11.9 Å². The summed E-state index contributed by atoms with van der Waals surface area (Å²) in [6, 6.07) is 15.6. The van der Waals surface area contributed by atoms with Crippen molar-refractivity contribution < 1.29 is 4.74 Å². The van der Waals surface area contributed by atoms with Crippen molar-refractivity contribution in [1.29, 1.82) is 0 Å². The lowest BCUT2D eigenvalue weighted by Gasteiger charge is -2.20. The summed E-state index contributed by atoms with van der Waals surface area (Å²) in [5.41, 5.74) is 3.83. The molecule has 0 aliphatic heterocycles. The van der Waals surface area contributed by atoms with E-state index >= 15 is 0 Å². The number of hydroxylamine groups is 1. The van der Waals surface area contributed by atoms with Gasteiger partial charge in [-0.25, -0.2) is 9.58 Å². The van der Waals surface area contributed by atoms with Crippen molar-refractivity contribution in [3.05, 3.63) is 81.8 Å². The van der Waals surface area contributed by atoms with Gasteiger partial charge in [-0.1, -0.05) is 42.0 Å². The molecule has 0 aliphatic rings. The SMILES string of the molecule is Cc1ccc(/C=[N+](\[O-])C(C)(C)C)cc1.[C-]#[N+]c1ccc(CNC(C)(C)C)cc1. The fourth-order valence-electron chi connectivity index (χ4n) is 2.04. The number of nitrogens with one attached hydrogen (secondary N) is 1. The fraction of sp³-hybridized carbons (Fsp3) is 0.417. The third kappa shape index (κ3) is 9.34. The van der Waals surface area contributed by atoms with Crippen LogP contribution >= 0.6 is 0 Å². The number of nitrogens with zero attached hydrogens (tertiary/aromatic N) is 2. The van der Waals surface area contributed by atoms with Gasteiger partial charge in [0.2, 0.25) is 0 Å². The third-order valence-corrected chi connectivity index (χ3v) is 3.89. The van der Waals surface area contributed by atoms with Crippen molar-refractivity contribution in [1.82, 2.24) is 5.32 Å². The summed E-state index contributed by atoms with van der Waals surface area (Å²) in [6.45, 7) is 21.8. The van der Waals surface area contributed by atoms with Crippen LogP contribution in [0.3, 0.4) is 0 Å². The number of aryl methyl sites for hydroxylation is 1. The summed E-state index contributed by atoms with van der Waals surface area (Å²) in [5.74, 6) is 0. The van der Waals surface area contributed by atoms with E-state index < -0.39 is 0 Å². The molecule has 0 unspecified atom stereocenters. The predicted octanol–water partition coefficient (Wildman–Crippen LogP) is 5.85. The van der Waals surface area contributed by atoms with Gasteiger partial charge in [0.15, 0.2) is 17.4 Å². The summed E-state index contributed by atoms with van der Waals surface area (Å²) in [7, 11) is 0. The van der Waals surface area contributed by atoms with Gasteiger partial charge in [-0.05, 0) is 45.4 Å². The van der Waals surface area contributed by atoms with Crippen molar-refractivity contribution in [3.8, 4) is 0 Å². The van der Waals surface area contributed by atoms with Crippen LogP contribution in [0.25, 0.3) is 4.85 Å². The zero-order chi connectivity index (χ0) is 21.4. The standard InChI is InChI=1S/C12H16N2.C12H17NO/c1-12(2,3)14-9-10-5-7-11(13-4)8-6-10;1-10-5-7-11(8-6-10)9-13(14)12(2,3)4/h5-8,14H,9H2,1-3H3;5-9H,1-4H3/b;13-9-. The van der Waals surface area contributed by atoms with Crippen LogP contribution in [-0.4, -0.2) is 22.0 Å². The Labute approximate surface area is 170 Å². The molecule has 0 aromatic heterocycles. The van der Waals surface area contributed by atoms with Gasteiger partial charge >= 0.3 is 0 Å². The lowest BCUT2D eigenvalue weighted by atomic mass is 10.1. The van der Waals surface area contributed by atoms with E-state index in [1.165, 1.54) is 11.1 Å². The van der Waals surface area contributed by atoms with Gasteiger partial charge in [-0.3, -0.25) is 0 Å². The zero-order valence-corrected chi connectivity index (χ0v) is 18.2. The molecule has 0 saturated carbocycles. The minimum absolute atomic E-state index is 0.137. The van der Waals surface area contributed by atoms with Crippen LogP contribution in [0, 0.1) is 18.7 Å². The van der Waals surface area contributed by atoms with Crippen LogP contribution in [0.1, 0.15) is 58.2 Å². The first-order chi connectivity index (χ1) is 12.9. The lowest BCUT2D eigenvalue weighted by Crippen LogP contribution is -2.34. The molecule has 0 aliphatic carbocycles. The maximum absolute atomic E-state index is 11.6. The van der Waals surface area contributed by atoms with Crippen molar-refractivity contribution in [2.75, 3.05) is 0 Å². The minimum Gasteiger partial charge on any atom is -0.623 e. The Morgan fingerprint density at radius 2 is 1.50 bits per heavy atom. The largest absolute Gasteiger partial charge is 0.623 e. The van der Waals surface area contributed by atoms with Gasteiger partial charge in [-0.15, -0.1) is 0 Å². The highest BCUT2D eigenvalue weighted by Gasteiger charge is 2.17. The van der Waals surface area contributed by atoms with Gasteiger partial charge < -0.3 is 10.5 Å². The number of hydrogen-bond donors (Lipinski definition) is 1. The van der Waals surface area contributed by atoms with Gasteiger partial charge in [-0.2, -0.15) is 0 Å². The molecule has 0 spiro atoms. The van der Waals surface area contributed by atoms with E-state index in [0.717, 1.165) is 16.8 Å². The van der Waals surface area contributed by atoms with Crippen molar-refractivity contribution in [2.45, 2.75) is 66.1 Å². The molecule has 2 rings (SSSR count). The topological polar surface area (TPSA) is 42.5 Å². The molecule has 0 atom stereocenters. The highest BCUT2D eigenvalue weighted by Crippen LogP contribution is 2.13. The van der Waals surface area contributed by atoms with Crippen LogP contribution in [0.4, 0.5) is 5.69 Å². The summed E-state index contributed by atoms with van der Waals surface area (Å²) < 4.78 is 0.984. The summed E-state index contributed by atoms with van der Waals surface area (Å²) in [6.07, 6.45) is 1.62. The van der Waals surface area contributed by atoms with E-state index in [-0.39, 0.29) is 11.1 Å². The van der Waals surface area contributed by atoms with Crippen LogP contribution < -0.4 is 5.32 Å². The smallest absolute Gasteiger partial charge is 0.187 e. The number of hydrogen-bond acceptors (Lipinski definition) is 2. The van der Waals surface area contributed by atoms with Crippen LogP contribution in [0.15, 0.2) is 48.5 Å². The van der Waals surface area contributed by atoms with E-state index in [0.29, 0.717) is 5.69 Å². The quantitative estimate of drug-likeness (QED) is 0.239. The van der Waals surface area contributed by atoms with Crippen LogP contribution in [-0.2, 0) is 6.54 Å². The van der Waals surface area contributed by atoms with Crippen molar-refractivity contribution in [3.63, 3.8) is 0 Å². The molecule has 0 heterocycles. The maximum atomic E-state index is 11.6. The molecular weight excluding hydrogens is 346 g/mol.